The fraction of sp³-hybridized carbons (Fsp3) is 0.182. The maximum atomic E-state index is 5.34. The van der Waals surface area contributed by atoms with Gasteiger partial charge >= 0.3 is 0 Å². The summed E-state index contributed by atoms with van der Waals surface area (Å²) in [5.41, 5.74) is 0.986. The number of ether oxygens (including phenoxy) is 1. The Morgan fingerprint density at radius 2 is 2.19 bits per heavy atom. The third-order valence-electron chi connectivity index (χ3n) is 1.93. The molecule has 0 radical (unpaired) electrons. The van der Waals surface area contributed by atoms with Crippen LogP contribution in [0.3, 0.4) is 0 Å². The molecule has 0 saturated carbocycles. The topological polar surface area (TPSA) is 63.2 Å². The molecule has 1 N–H and O–H groups in total. The molecule has 2 aromatic rings. The number of aromatic nitrogens is 3. The molecular formula is C11H12N4O. The summed E-state index contributed by atoms with van der Waals surface area (Å²) in [5.74, 6) is 1.35. The Bertz CT molecular complexity index is 447. The normalized spacial score (nSPS) is 10.8. The van der Waals surface area contributed by atoms with Gasteiger partial charge < -0.3 is 4.74 Å². The first-order valence-corrected chi connectivity index (χ1v) is 5.01. The van der Waals surface area contributed by atoms with Crippen LogP contribution in [-0.2, 0) is 0 Å². The molecule has 0 amide bonds. The van der Waals surface area contributed by atoms with Gasteiger partial charge in [-0.05, 0) is 36.8 Å². The van der Waals surface area contributed by atoms with Crippen LogP contribution in [-0.4, -0.2) is 28.0 Å². The molecule has 1 heterocycles. The summed E-state index contributed by atoms with van der Waals surface area (Å²) in [6.07, 6.45) is 3.14. The van der Waals surface area contributed by atoms with Crippen molar-refractivity contribution in [1.29, 1.82) is 0 Å². The molecule has 0 aliphatic carbocycles. The molecule has 5 heteroatoms. The molecule has 0 bridgehead atoms. The number of benzene rings is 1. The minimum Gasteiger partial charge on any atom is -0.494 e. The van der Waals surface area contributed by atoms with Crippen molar-refractivity contribution in [3.63, 3.8) is 0 Å². The fourth-order valence-electron chi connectivity index (χ4n) is 1.21. The summed E-state index contributed by atoms with van der Waals surface area (Å²) in [7, 11) is 0. The summed E-state index contributed by atoms with van der Waals surface area (Å²) in [6.45, 7) is 2.63. The van der Waals surface area contributed by atoms with Crippen LogP contribution in [0.4, 0.5) is 5.95 Å². The lowest BCUT2D eigenvalue weighted by atomic mass is 10.2. The number of nitrogens with one attached hydrogen (secondary N) is 1. The standard InChI is InChI=1S/C11H12N4O/c1-2-16-10-5-3-9(4-6-10)7-12-11-13-8-14-15-11/h3-8H,2H2,1H3,(H,13,14,15)/b12-7-. The Balaban J connectivity index is 2.05. The van der Waals surface area contributed by atoms with E-state index in [1.807, 2.05) is 31.2 Å². The number of aromatic amines is 1. The molecular weight excluding hydrogens is 204 g/mol. The smallest absolute Gasteiger partial charge is 0.245 e. The molecule has 0 saturated heterocycles. The summed E-state index contributed by atoms with van der Waals surface area (Å²) in [6, 6.07) is 7.69. The molecule has 82 valence electrons. The Morgan fingerprint density at radius 1 is 1.38 bits per heavy atom. The second kappa shape index (κ2) is 5.06. The lowest BCUT2D eigenvalue weighted by Gasteiger charge is -2.01. The number of aliphatic imine (C=N–C) groups is 1. The molecule has 0 aliphatic rings. The fourth-order valence-corrected chi connectivity index (χ4v) is 1.21. The average Bonchev–Trinajstić information content (AvgIpc) is 2.82. The van der Waals surface area contributed by atoms with Crippen molar-refractivity contribution in [2.24, 2.45) is 4.99 Å². The van der Waals surface area contributed by atoms with Gasteiger partial charge in [0.25, 0.3) is 0 Å². The maximum Gasteiger partial charge on any atom is 0.245 e. The highest BCUT2D eigenvalue weighted by Crippen LogP contribution is 2.11. The monoisotopic (exact) mass is 216 g/mol. The lowest BCUT2D eigenvalue weighted by Crippen LogP contribution is -1.91. The van der Waals surface area contributed by atoms with Gasteiger partial charge in [0.05, 0.1) is 6.61 Å². The minimum absolute atomic E-state index is 0.494. The summed E-state index contributed by atoms with van der Waals surface area (Å²) in [4.78, 5) is 8.01. The molecule has 0 atom stereocenters. The first kappa shape index (κ1) is 10.4. The van der Waals surface area contributed by atoms with Crippen LogP contribution in [0.25, 0.3) is 0 Å². The Labute approximate surface area is 93.2 Å². The molecule has 0 unspecified atom stereocenters. The molecule has 0 spiro atoms. The summed E-state index contributed by atoms with van der Waals surface area (Å²) >= 11 is 0. The van der Waals surface area contributed by atoms with E-state index in [0.717, 1.165) is 11.3 Å². The zero-order chi connectivity index (χ0) is 11.2. The van der Waals surface area contributed by atoms with Crippen LogP contribution in [0.15, 0.2) is 35.6 Å². The van der Waals surface area contributed by atoms with Gasteiger partial charge in [-0.15, -0.1) is 0 Å². The van der Waals surface area contributed by atoms with E-state index < -0.39 is 0 Å². The Kier molecular flexibility index (Phi) is 3.28. The van der Waals surface area contributed by atoms with Gasteiger partial charge in [0, 0.05) is 6.21 Å². The average molecular weight is 216 g/mol. The highest BCUT2D eigenvalue weighted by Gasteiger charge is 1.93. The second-order valence-corrected chi connectivity index (χ2v) is 3.07. The molecule has 2 rings (SSSR count). The highest BCUT2D eigenvalue weighted by atomic mass is 16.5. The van der Waals surface area contributed by atoms with Gasteiger partial charge in [0.15, 0.2) is 0 Å². The van der Waals surface area contributed by atoms with Crippen LogP contribution >= 0.6 is 0 Å². The second-order valence-electron chi connectivity index (χ2n) is 3.07. The van der Waals surface area contributed by atoms with E-state index in [1.165, 1.54) is 6.33 Å². The number of nitrogens with zero attached hydrogens (tertiary/aromatic N) is 3. The third kappa shape index (κ3) is 2.66. The first-order valence-electron chi connectivity index (χ1n) is 5.01. The van der Waals surface area contributed by atoms with Gasteiger partial charge in [0.2, 0.25) is 5.95 Å². The number of hydrogen-bond acceptors (Lipinski definition) is 4. The number of H-pyrrole nitrogens is 1. The van der Waals surface area contributed by atoms with E-state index in [2.05, 4.69) is 20.2 Å². The molecule has 0 fully saturated rings. The van der Waals surface area contributed by atoms with Crippen molar-refractivity contribution in [3.8, 4) is 5.75 Å². The van der Waals surface area contributed by atoms with E-state index in [1.54, 1.807) is 6.21 Å². The zero-order valence-corrected chi connectivity index (χ0v) is 8.92. The maximum absolute atomic E-state index is 5.34. The van der Waals surface area contributed by atoms with Crippen molar-refractivity contribution >= 4 is 12.2 Å². The van der Waals surface area contributed by atoms with Crippen LogP contribution in [0.2, 0.25) is 0 Å². The van der Waals surface area contributed by atoms with E-state index in [4.69, 9.17) is 4.74 Å². The van der Waals surface area contributed by atoms with Crippen LogP contribution in [0, 0.1) is 0 Å². The Hall–Kier alpha value is -2.17. The molecule has 0 aliphatic heterocycles. The van der Waals surface area contributed by atoms with E-state index in [-0.39, 0.29) is 0 Å². The third-order valence-corrected chi connectivity index (χ3v) is 1.93. The van der Waals surface area contributed by atoms with E-state index >= 15 is 0 Å². The first-order chi connectivity index (χ1) is 7.88. The molecule has 1 aromatic carbocycles. The van der Waals surface area contributed by atoms with Crippen molar-refractivity contribution in [2.75, 3.05) is 6.61 Å². The van der Waals surface area contributed by atoms with Gasteiger partial charge in [-0.3, -0.25) is 0 Å². The van der Waals surface area contributed by atoms with Gasteiger partial charge in [-0.2, -0.15) is 10.1 Å². The molecule has 1 aromatic heterocycles. The van der Waals surface area contributed by atoms with Gasteiger partial charge in [-0.25, -0.2) is 10.1 Å². The quantitative estimate of drug-likeness (QED) is 0.794. The van der Waals surface area contributed by atoms with Crippen LogP contribution in [0.5, 0.6) is 5.75 Å². The van der Waals surface area contributed by atoms with Crippen LogP contribution in [0.1, 0.15) is 12.5 Å². The lowest BCUT2D eigenvalue weighted by molar-refractivity contribution is 0.340. The molecule has 16 heavy (non-hydrogen) atoms. The van der Waals surface area contributed by atoms with Gasteiger partial charge in [0.1, 0.15) is 12.1 Å². The van der Waals surface area contributed by atoms with Crippen molar-refractivity contribution < 1.29 is 4.74 Å². The van der Waals surface area contributed by atoms with Crippen molar-refractivity contribution in [1.82, 2.24) is 15.2 Å². The SMILES string of the molecule is CCOc1ccc(/C=N\c2ncn[nH]2)cc1. The van der Waals surface area contributed by atoms with Crippen molar-refractivity contribution in [2.45, 2.75) is 6.92 Å². The Morgan fingerprint density at radius 3 is 2.81 bits per heavy atom. The van der Waals surface area contributed by atoms with Gasteiger partial charge in [-0.1, -0.05) is 0 Å². The highest BCUT2D eigenvalue weighted by molar-refractivity contribution is 5.81. The van der Waals surface area contributed by atoms with Crippen molar-refractivity contribution in [3.05, 3.63) is 36.2 Å². The minimum atomic E-state index is 0.494. The summed E-state index contributed by atoms with van der Waals surface area (Å²) < 4.78 is 5.34. The number of hydrogen-bond donors (Lipinski definition) is 1. The molecule has 5 nitrogen and oxygen atoms in total. The largest absolute Gasteiger partial charge is 0.494 e. The zero-order valence-electron chi connectivity index (χ0n) is 8.92. The van der Waals surface area contributed by atoms with E-state index in [0.29, 0.717) is 12.6 Å². The van der Waals surface area contributed by atoms with Crippen LogP contribution < -0.4 is 4.74 Å². The predicted molar refractivity (Wildman–Crippen MR) is 61.2 cm³/mol. The summed E-state index contributed by atoms with van der Waals surface area (Å²) in [5, 5.41) is 6.36. The number of rotatable bonds is 4. The van der Waals surface area contributed by atoms with E-state index in [9.17, 15) is 0 Å². The predicted octanol–water partition coefficient (Wildman–Crippen LogP) is 1.95.